The summed E-state index contributed by atoms with van der Waals surface area (Å²) in [5, 5.41) is 11.4. The van der Waals surface area contributed by atoms with E-state index in [1.165, 1.54) is 11.1 Å². The summed E-state index contributed by atoms with van der Waals surface area (Å²) < 4.78 is 0. The Hall–Kier alpha value is -1.35. The minimum Gasteiger partial charge on any atom is -0.387 e. The van der Waals surface area contributed by atoms with Gasteiger partial charge in [0.1, 0.15) is 6.61 Å². The Morgan fingerprint density at radius 3 is 2.35 bits per heavy atom. The molecule has 0 fully saturated rings. The van der Waals surface area contributed by atoms with E-state index in [2.05, 4.69) is 50.4 Å². The van der Waals surface area contributed by atoms with Gasteiger partial charge in [-0.25, -0.2) is 0 Å². The van der Waals surface area contributed by atoms with Crippen molar-refractivity contribution < 1.29 is 9.90 Å². The number of aliphatic hydroxyl groups excluding tert-OH is 1. The number of hydrogen-bond acceptors (Lipinski definition) is 2. The molecular formula is C14H21NO2. The lowest BCUT2D eigenvalue weighted by molar-refractivity contribution is -0.124. The van der Waals surface area contributed by atoms with Gasteiger partial charge in [-0.15, -0.1) is 0 Å². The first-order valence-electron chi connectivity index (χ1n) is 5.96. The lowest BCUT2D eigenvalue weighted by atomic mass is 9.84. The van der Waals surface area contributed by atoms with Gasteiger partial charge < -0.3 is 10.4 Å². The largest absolute Gasteiger partial charge is 0.387 e. The van der Waals surface area contributed by atoms with Crippen LogP contribution in [0.2, 0.25) is 0 Å². The van der Waals surface area contributed by atoms with Crippen LogP contribution in [0.1, 0.15) is 31.9 Å². The Labute approximate surface area is 103 Å². The van der Waals surface area contributed by atoms with Crippen molar-refractivity contribution in [2.75, 3.05) is 13.2 Å². The highest BCUT2D eigenvalue weighted by Gasteiger charge is 2.20. The molecule has 0 saturated carbocycles. The van der Waals surface area contributed by atoms with Crippen molar-refractivity contribution in [3.05, 3.63) is 35.4 Å². The lowest BCUT2D eigenvalue weighted by Gasteiger charge is -2.25. The van der Waals surface area contributed by atoms with E-state index in [-0.39, 0.29) is 11.3 Å². The number of nitrogens with one attached hydrogen (secondary N) is 1. The van der Waals surface area contributed by atoms with E-state index >= 15 is 0 Å². The van der Waals surface area contributed by atoms with Gasteiger partial charge in [0.05, 0.1) is 0 Å². The smallest absolute Gasteiger partial charge is 0.245 e. The predicted octanol–water partition coefficient (Wildman–Crippen LogP) is 1.64. The molecule has 1 aromatic carbocycles. The zero-order valence-electron chi connectivity index (χ0n) is 10.8. The molecule has 0 aliphatic rings. The molecule has 3 nitrogen and oxygen atoms in total. The SMILES string of the molecule is CCc1ccc(C(C)(C)CNC(=O)CO)cc1. The molecule has 1 amide bonds. The summed E-state index contributed by atoms with van der Waals surface area (Å²) in [4.78, 5) is 11.0. The second-order valence-corrected chi connectivity index (χ2v) is 4.87. The van der Waals surface area contributed by atoms with Crippen molar-refractivity contribution in [1.82, 2.24) is 5.32 Å². The van der Waals surface area contributed by atoms with Crippen LogP contribution in [0.3, 0.4) is 0 Å². The number of amides is 1. The molecule has 0 aliphatic heterocycles. The summed E-state index contributed by atoms with van der Waals surface area (Å²) in [5.74, 6) is -0.330. The summed E-state index contributed by atoms with van der Waals surface area (Å²) in [7, 11) is 0. The normalized spacial score (nSPS) is 11.3. The first kappa shape index (κ1) is 13.7. The fourth-order valence-corrected chi connectivity index (χ4v) is 1.67. The number of benzene rings is 1. The number of hydrogen-bond donors (Lipinski definition) is 2. The van der Waals surface area contributed by atoms with Gasteiger partial charge in [-0.1, -0.05) is 45.0 Å². The van der Waals surface area contributed by atoms with E-state index in [1.54, 1.807) is 0 Å². The number of aliphatic hydroxyl groups is 1. The van der Waals surface area contributed by atoms with Crippen molar-refractivity contribution in [2.24, 2.45) is 0 Å². The topological polar surface area (TPSA) is 49.3 Å². The molecule has 0 bridgehead atoms. The van der Waals surface area contributed by atoms with Gasteiger partial charge in [-0.2, -0.15) is 0 Å². The Morgan fingerprint density at radius 1 is 1.29 bits per heavy atom. The van der Waals surface area contributed by atoms with Crippen LogP contribution >= 0.6 is 0 Å². The minimum absolute atomic E-state index is 0.128. The summed E-state index contributed by atoms with van der Waals surface area (Å²) in [6, 6.07) is 8.43. The van der Waals surface area contributed by atoms with E-state index in [9.17, 15) is 4.79 Å². The molecule has 1 aromatic rings. The Kier molecular flexibility index (Phi) is 4.70. The maximum Gasteiger partial charge on any atom is 0.245 e. The zero-order chi connectivity index (χ0) is 12.9. The lowest BCUT2D eigenvalue weighted by Crippen LogP contribution is -2.37. The molecular weight excluding hydrogens is 214 g/mol. The maximum atomic E-state index is 11.0. The van der Waals surface area contributed by atoms with Crippen LogP contribution in [0.5, 0.6) is 0 Å². The minimum atomic E-state index is -0.454. The van der Waals surface area contributed by atoms with Crippen molar-refractivity contribution in [2.45, 2.75) is 32.6 Å². The molecule has 0 aromatic heterocycles. The molecule has 3 heteroatoms. The van der Waals surface area contributed by atoms with Crippen LogP contribution in [0, 0.1) is 0 Å². The Bertz CT molecular complexity index is 368. The van der Waals surface area contributed by atoms with Crippen LogP contribution in [-0.4, -0.2) is 24.2 Å². The van der Waals surface area contributed by atoms with E-state index in [4.69, 9.17) is 5.11 Å². The van der Waals surface area contributed by atoms with E-state index < -0.39 is 6.61 Å². The highest BCUT2D eigenvalue weighted by atomic mass is 16.3. The Morgan fingerprint density at radius 2 is 1.88 bits per heavy atom. The highest BCUT2D eigenvalue weighted by Crippen LogP contribution is 2.22. The van der Waals surface area contributed by atoms with Gasteiger partial charge >= 0.3 is 0 Å². The van der Waals surface area contributed by atoms with Crippen LogP contribution in [-0.2, 0) is 16.6 Å². The second kappa shape index (κ2) is 5.82. The van der Waals surface area contributed by atoms with Crippen molar-refractivity contribution >= 4 is 5.91 Å². The molecule has 0 saturated heterocycles. The molecule has 0 aliphatic carbocycles. The van der Waals surface area contributed by atoms with Gasteiger partial charge in [0, 0.05) is 12.0 Å². The molecule has 17 heavy (non-hydrogen) atoms. The quantitative estimate of drug-likeness (QED) is 0.815. The Balaban J connectivity index is 2.70. The molecule has 0 atom stereocenters. The molecule has 94 valence electrons. The third-order valence-electron chi connectivity index (χ3n) is 3.01. The average Bonchev–Trinajstić information content (AvgIpc) is 2.36. The van der Waals surface area contributed by atoms with E-state index in [1.807, 2.05) is 0 Å². The van der Waals surface area contributed by atoms with Crippen molar-refractivity contribution in [3.63, 3.8) is 0 Å². The number of rotatable bonds is 5. The molecule has 2 N–H and O–H groups in total. The van der Waals surface area contributed by atoms with Crippen molar-refractivity contribution in [1.29, 1.82) is 0 Å². The van der Waals surface area contributed by atoms with Crippen LogP contribution < -0.4 is 5.32 Å². The van der Waals surface area contributed by atoms with E-state index in [0.717, 1.165) is 6.42 Å². The van der Waals surface area contributed by atoms with Gasteiger partial charge in [-0.05, 0) is 17.5 Å². The van der Waals surface area contributed by atoms with Crippen molar-refractivity contribution in [3.8, 4) is 0 Å². The number of carbonyl (C=O) groups is 1. The summed E-state index contributed by atoms with van der Waals surface area (Å²) in [6.45, 7) is 6.35. The number of aryl methyl sites for hydroxylation is 1. The van der Waals surface area contributed by atoms with Crippen LogP contribution in [0.15, 0.2) is 24.3 Å². The number of carbonyl (C=O) groups excluding carboxylic acids is 1. The standard InChI is InChI=1S/C14H21NO2/c1-4-11-5-7-12(8-6-11)14(2,3)10-15-13(17)9-16/h5-8,16H,4,9-10H2,1-3H3,(H,15,17). The fourth-order valence-electron chi connectivity index (χ4n) is 1.67. The van der Waals surface area contributed by atoms with Crippen LogP contribution in [0.4, 0.5) is 0 Å². The van der Waals surface area contributed by atoms with E-state index in [0.29, 0.717) is 6.54 Å². The second-order valence-electron chi connectivity index (χ2n) is 4.87. The fraction of sp³-hybridized carbons (Fsp3) is 0.500. The first-order valence-corrected chi connectivity index (χ1v) is 5.96. The maximum absolute atomic E-state index is 11.0. The molecule has 0 spiro atoms. The van der Waals surface area contributed by atoms with Crippen LogP contribution in [0.25, 0.3) is 0 Å². The third kappa shape index (κ3) is 3.86. The highest BCUT2D eigenvalue weighted by molar-refractivity contribution is 5.76. The first-order chi connectivity index (χ1) is 7.99. The van der Waals surface area contributed by atoms with Gasteiger partial charge in [-0.3, -0.25) is 4.79 Å². The van der Waals surface area contributed by atoms with Gasteiger partial charge in [0.15, 0.2) is 0 Å². The van der Waals surface area contributed by atoms with Gasteiger partial charge in [0.2, 0.25) is 5.91 Å². The molecule has 1 rings (SSSR count). The third-order valence-corrected chi connectivity index (χ3v) is 3.01. The molecule has 0 radical (unpaired) electrons. The monoisotopic (exact) mass is 235 g/mol. The average molecular weight is 235 g/mol. The summed E-state index contributed by atoms with van der Waals surface area (Å²) in [6.07, 6.45) is 1.03. The zero-order valence-corrected chi connectivity index (χ0v) is 10.8. The summed E-state index contributed by atoms with van der Waals surface area (Å²) in [5.41, 5.74) is 2.37. The molecule has 0 unspecified atom stereocenters. The summed E-state index contributed by atoms with van der Waals surface area (Å²) >= 11 is 0. The molecule has 0 heterocycles. The van der Waals surface area contributed by atoms with Gasteiger partial charge in [0.25, 0.3) is 0 Å². The predicted molar refractivity (Wildman–Crippen MR) is 68.9 cm³/mol.